The molecule has 1 heteroatoms. The molecule has 0 heterocycles. The predicted molar refractivity (Wildman–Crippen MR) is 95.1 cm³/mol. The van der Waals surface area contributed by atoms with Crippen LogP contribution < -0.4 is 5.73 Å². The molecule has 3 aliphatic rings. The molecule has 0 amide bonds. The Balaban J connectivity index is 0.000000510. The van der Waals surface area contributed by atoms with Crippen LogP contribution in [0.5, 0.6) is 0 Å². The van der Waals surface area contributed by atoms with Gasteiger partial charge >= 0.3 is 0 Å². The Hall–Kier alpha value is -1.24. The summed E-state index contributed by atoms with van der Waals surface area (Å²) in [7, 11) is 0. The van der Waals surface area contributed by atoms with Crippen LogP contribution >= 0.6 is 0 Å². The zero-order valence-corrected chi connectivity index (χ0v) is 14.5. The van der Waals surface area contributed by atoms with Crippen LogP contribution in [0, 0.1) is 0 Å². The second kappa shape index (κ2) is 9.65. The summed E-state index contributed by atoms with van der Waals surface area (Å²) in [5, 5.41) is 0. The van der Waals surface area contributed by atoms with E-state index in [1.165, 1.54) is 49.7 Å². The van der Waals surface area contributed by atoms with E-state index in [0.717, 1.165) is 18.5 Å². The third-order valence-corrected chi connectivity index (χ3v) is 4.27. The standard InChI is InChI=1S/C16H21N.2C2H6/c17-16-8-4-3-7-15(16)14-10-9-12-5-1-2-6-13(12)11-14;2*1-2/h4,8,11H,1-3,5-7,9-10,17H2;2*1-2H3. The molecule has 2 N–H and O–H groups in total. The topological polar surface area (TPSA) is 26.0 Å². The lowest BCUT2D eigenvalue weighted by Crippen LogP contribution is -2.10. The van der Waals surface area contributed by atoms with Crippen LogP contribution in [0.25, 0.3) is 0 Å². The zero-order valence-electron chi connectivity index (χ0n) is 14.5. The van der Waals surface area contributed by atoms with Crippen molar-refractivity contribution in [2.75, 3.05) is 0 Å². The summed E-state index contributed by atoms with van der Waals surface area (Å²) < 4.78 is 0. The van der Waals surface area contributed by atoms with Crippen LogP contribution in [0.3, 0.4) is 0 Å². The van der Waals surface area contributed by atoms with Gasteiger partial charge in [0.1, 0.15) is 0 Å². The molecule has 3 aliphatic carbocycles. The van der Waals surface area contributed by atoms with E-state index in [2.05, 4.69) is 18.2 Å². The molecule has 1 nitrogen and oxygen atoms in total. The summed E-state index contributed by atoms with van der Waals surface area (Å²) >= 11 is 0. The second-order valence-electron chi connectivity index (χ2n) is 5.38. The van der Waals surface area contributed by atoms with E-state index in [0.29, 0.717) is 0 Å². The average molecular weight is 287 g/mol. The number of hydrogen-bond donors (Lipinski definition) is 1. The maximum atomic E-state index is 6.11. The van der Waals surface area contributed by atoms with Crippen molar-refractivity contribution in [3.05, 3.63) is 46.2 Å². The third kappa shape index (κ3) is 4.62. The Bertz CT molecular complexity index is 446. The van der Waals surface area contributed by atoms with E-state index in [9.17, 15) is 0 Å². The van der Waals surface area contributed by atoms with Gasteiger partial charge in [-0.25, -0.2) is 0 Å². The SMILES string of the molecule is CC.CC.NC1=C(C2=CC3=C(CCCC3)CC2)CCC=C1. The van der Waals surface area contributed by atoms with Crippen molar-refractivity contribution >= 4 is 0 Å². The lowest BCUT2D eigenvalue weighted by atomic mass is 9.80. The van der Waals surface area contributed by atoms with Gasteiger partial charge in [-0.1, -0.05) is 45.4 Å². The van der Waals surface area contributed by atoms with Crippen LogP contribution in [-0.2, 0) is 0 Å². The summed E-state index contributed by atoms with van der Waals surface area (Å²) in [6, 6.07) is 0. The Labute approximate surface area is 131 Å². The first-order valence-electron chi connectivity index (χ1n) is 8.91. The van der Waals surface area contributed by atoms with Crippen LogP contribution in [-0.4, -0.2) is 0 Å². The summed E-state index contributed by atoms with van der Waals surface area (Å²) in [4.78, 5) is 0. The molecule has 0 bridgehead atoms. The highest BCUT2D eigenvalue weighted by molar-refractivity contribution is 5.47. The highest BCUT2D eigenvalue weighted by Crippen LogP contribution is 2.38. The minimum absolute atomic E-state index is 1.00. The van der Waals surface area contributed by atoms with Crippen LogP contribution in [0.2, 0.25) is 0 Å². The Morgan fingerprint density at radius 3 is 2.29 bits per heavy atom. The highest BCUT2D eigenvalue weighted by atomic mass is 14.6. The smallest absolute Gasteiger partial charge is 0.0346 e. The van der Waals surface area contributed by atoms with Gasteiger partial charge in [0.05, 0.1) is 0 Å². The molecule has 0 radical (unpaired) electrons. The maximum absolute atomic E-state index is 6.11. The largest absolute Gasteiger partial charge is 0.399 e. The van der Waals surface area contributed by atoms with Gasteiger partial charge < -0.3 is 5.73 Å². The summed E-state index contributed by atoms with van der Waals surface area (Å²) in [6.07, 6.45) is 16.9. The van der Waals surface area contributed by atoms with E-state index >= 15 is 0 Å². The van der Waals surface area contributed by atoms with Gasteiger partial charge in [0.25, 0.3) is 0 Å². The van der Waals surface area contributed by atoms with Crippen LogP contribution in [0.4, 0.5) is 0 Å². The fraction of sp³-hybridized carbons (Fsp3) is 0.600. The summed E-state index contributed by atoms with van der Waals surface area (Å²) in [5.74, 6) is 0. The van der Waals surface area contributed by atoms with E-state index in [1.807, 2.05) is 27.7 Å². The number of nitrogens with two attached hydrogens (primary N) is 1. The van der Waals surface area contributed by atoms with Crippen molar-refractivity contribution in [1.29, 1.82) is 0 Å². The quantitative estimate of drug-likeness (QED) is 0.611. The van der Waals surface area contributed by atoms with Crippen LogP contribution in [0.15, 0.2) is 46.2 Å². The van der Waals surface area contributed by atoms with Crippen molar-refractivity contribution in [2.45, 2.75) is 79.1 Å². The molecule has 0 unspecified atom stereocenters. The number of hydrogen-bond acceptors (Lipinski definition) is 1. The molecule has 118 valence electrons. The summed E-state index contributed by atoms with van der Waals surface area (Å²) in [5.41, 5.74) is 13.4. The monoisotopic (exact) mass is 287 g/mol. The molecular weight excluding hydrogens is 254 g/mol. The molecule has 0 atom stereocenters. The highest BCUT2D eigenvalue weighted by Gasteiger charge is 2.19. The van der Waals surface area contributed by atoms with E-state index in [-0.39, 0.29) is 0 Å². The minimum atomic E-state index is 1.00. The Kier molecular flexibility index (Phi) is 8.19. The molecule has 0 fully saturated rings. The Morgan fingerprint density at radius 1 is 0.857 bits per heavy atom. The molecule has 0 saturated carbocycles. The van der Waals surface area contributed by atoms with Crippen LogP contribution in [0.1, 0.15) is 79.1 Å². The van der Waals surface area contributed by atoms with E-state index in [4.69, 9.17) is 5.73 Å². The molecule has 0 spiro atoms. The molecule has 0 saturated heterocycles. The fourth-order valence-corrected chi connectivity index (χ4v) is 3.29. The van der Waals surface area contributed by atoms with Gasteiger partial charge in [0.2, 0.25) is 0 Å². The lowest BCUT2D eigenvalue weighted by molar-refractivity contribution is 0.643. The first-order chi connectivity index (χ1) is 10.3. The van der Waals surface area contributed by atoms with E-state index < -0.39 is 0 Å². The zero-order chi connectivity index (χ0) is 15.7. The molecular formula is C20H33N. The second-order valence-corrected chi connectivity index (χ2v) is 5.38. The first-order valence-corrected chi connectivity index (χ1v) is 8.91. The van der Waals surface area contributed by atoms with Gasteiger partial charge in [0, 0.05) is 5.70 Å². The average Bonchev–Trinajstić information content (AvgIpc) is 2.58. The molecule has 21 heavy (non-hydrogen) atoms. The van der Waals surface area contributed by atoms with Gasteiger partial charge in [-0.2, -0.15) is 0 Å². The first kappa shape index (κ1) is 17.8. The molecule has 0 aromatic heterocycles. The van der Waals surface area contributed by atoms with Crippen molar-refractivity contribution in [2.24, 2.45) is 5.73 Å². The predicted octanol–water partition coefficient (Wildman–Crippen LogP) is 6.19. The number of rotatable bonds is 1. The molecule has 0 aromatic rings. The number of allylic oxidation sites excluding steroid dienone is 7. The summed E-state index contributed by atoms with van der Waals surface area (Å²) in [6.45, 7) is 8.00. The molecule has 3 rings (SSSR count). The maximum Gasteiger partial charge on any atom is 0.0346 e. The van der Waals surface area contributed by atoms with Crippen molar-refractivity contribution in [3.8, 4) is 0 Å². The fourth-order valence-electron chi connectivity index (χ4n) is 3.29. The van der Waals surface area contributed by atoms with Crippen molar-refractivity contribution < 1.29 is 0 Å². The van der Waals surface area contributed by atoms with Gasteiger partial charge in [-0.05, 0) is 74.2 Å². The van der Waals surface area contributed by atoms with Crippen molar-refractivity contribution in [3.63, 3.8) is 0 Å². The normalized spacial score (nSPS) is 20.7. The Morgan fingerprint density at radius 2 is 1.57 bits per heavy atom. The van der Waals surface area contributed by atoms with E-state index in [1.54, 1.807) is 11.1 Å². The lowest BCUT2D eigenvalue weighted by Gasteiger charge is -2.26. The third-order valence-electron chi connectivity index (χ3n) is 4.27. The van der Waals surface area contributed by atoms with Gasteiger partial charge in [-0.15, -0.1) is 0 Å². The molecule has 0 aromatic carbocycles. The molecule has 0 aliphatic heterocycles. The minimum Gasteiger partial charge on any atom is -0.399 e. The van der Waals surface area contributed by atoms with Gasteiger partial charge in [-0.3, -0.25) is 0 Å². The van der Waals surface area contributed by atoms with Crippen molar-refractivity contribution in [1.82, 2.24) is 0 Å². The van der Waals surface area contributed by atoms with Gasteiger partial charge in [0.15, 0.2) is 0 Å².